The molecule has 0 spiro atoms. The number of nitrogens with zero attached hydrogens (tertiary/aromatic N) is 2. The number of nitrogens with one attached hydrogen (secondary N) is 1. The van der Waals surface area contributed by atoms with Gasteiger partial charge in [-0.1, -0.05) is 73.7 Å². The van der Waals surface area contributed by atoms with E-state index in [-0.39, 0.29) is 23.4 Å². The number of carbonyl (C=O) groups excluding carboxylic acids is 2. The van der Waals surface area contributed by atoms with Gasteiger partial charge < -0.3 is 10.2 Å². The summed E-state index contributed by atoms with van der Waals surface area (Å²) in [6.45, 7) is 7.21. The van der Waals surface area contributed by atoms with Crippen molar-refractivity contribution in [2.75, 3.05) is 17.4 Å². The number of rotatable bonds is 12. The summed E-state index contributed by atoms with van der Waals surface area (Å²) in [5, 5.41) is 2.95. The number of aryl methyl sites for hydroxylation is 1. The quantitative estimate of drug-likeness (QED) is 0.368. The maximum absolute atomic E-state index is 13.9. The Kier molecular flexibility index (Phi) is 10.1. The maximum atomic E-state index is 13.9. The molecule has 0 aliphatic heterocycles. The van der Waals surface area contributed by atoms with E-state index in [1.807, 2.05) is 63.2 Å². The molecule has 38 heavy (non-hydrogen) atoms. The van der Waals surface area contributed by atoms with Crippen LogP contribution in [0.3, 0.4) is 0 Å². The van der Waals surface area contributed by atoms with E-state index in [0.29, 0.717) is 12.1 Å². The average molecular weight is 536 g/mol. The molecule has 0 heterocycles. The Morgan fingerprint density at radius 2 is 1.45 bits per heavy atom. The SMILES string of the molecule is CC[C@@H](C)NC(=O)[C@H](C)N(CCc1ccccc1)C(=O)CN(c1ccccc1C)S(=O)(=O)c1ccccc1. The minimum Gasteiger partial charge on any atom is -0.352 e. The zero-order chi connectivity index (χ0) is 27.7. The first-order chi connectivity index (χ1) is 18.1. The van der Waals surface area contributed by atoms with Gasteiger partial charge in [-0.2, -0.15) is 0 Å². The molecule has 2 amide bonds. The van der Waals surface area contributed by atoms with E-state index in [4.69, 9.17) is 0 Å². The van der Waals surface area contributed by atoms with Crippen LogP contribution < -0.4 is 9.62 Å². The van der Waals surface area contributed by atoms with Crippen molar-refractivity contribution in [3.05, 3.63) is 96.1 Å². The number of anilines is 1. The number of sulfonamides is 1. The predicted molar refractivity (Wildman–Crippen MR) is 151 cm³/mol. The fourth-order valence-electron chi connectivity index (χ4n) is 4.11. The molecule has 1 N–H and O–H groups in total. The van der Waals surface area contributed by atoms with Gasteiger partial charge in [-0.15, -0.1) is 0 Å². The van der Waals surface area contributed by atoms with Crippen molar-refractivity contribution in [1.29, 1.82) is 0 Å². The fraction of sp³-hybridized carbons (Fsp3) is 0.333. The van der Waals surface area contributed by atoms with Gasteiger partial charge in [-0.3, -0.25) is 13.9 Å². The third-order valence-electron chi connectivity index (χ3n) is 6.65. The summed E-state index contributed by atoms with van der Waals surface area (Å²) in [4.78, 5) is 28.5. The van der Waals surface area contributed by atoms with Gasteiger partial charge in [0.2, 0.25) is 11.8 Å². The highest BCUT2D eigenvalue weighted by molar-refractivity contribution is 7.92. The number of para-hydroxylation sites is 1. The second-order valence-electron chi connectivity index (χ2n) is 9.43. The Hall–Kier alpha value is -3.65. The summed E-state index contributed by atoms with van der Waals surface area (Å²) < 4.78 is 28.7. The van der Waals surface area contributed by atoms with E-state index in [1.165, 1.54) is 17.0 Å². The number of amides is 2. The zero-order valence-corrected chi connectivity index (χ0v) is 23.3. The van der Waals surface area contributed by atoms with Gasteiger partial charge in [-0.25, -0.2) is 8.42 Å². The smallest absolute Gasteiger partial charge is 0.264 e. The van der Waals surface area contributed by atoms with Crippen LogP contribution in [0.2, 0.25) is 0 Å². The van der Waals surface area contributed by atoms with Crippen molar-refractivity contribution in [2.45, 2.75) is 57.5 Å². The number of benzene rings is 3. The molecule has 0 aliphatic carbocycles. The van der Waals surface area contributed by atoms with E-state index in [2.05, 4.69) is 5.32 Å². The highest BCUT2D eigenvalue weighted by atomic mass is 32.2. The summed E-state index contributed by atoms with van der Waals surface area (Å²) in [5.41, 5.74) is 2.16. The predicted octanol–water partition coefficient (Wildman–Crippen LogP) is 4.56. The molecular formula is C30H37N3O4S. The molecule has 3 aromatic carbocycles. The Bertz CT molecular complexity index is 1310. The van der Waals surface area contributed by atoms with Gasteiger partial charge in [0.05, 0.1) is 10.6 Å². The molecule has 0 aromatic heterocycles. The van der Waals surface area contributed by atoms with Gasteiger partial charge in [0, 0.05) is 12.6 Å². The molecule has 0 bridgehead atoms. The van der Waals surface area contributed by atoms with Crippen molar-refractivity contribution in [1.82, 2.24) is 10.2 Å². The lowest BCUT2D eigenvalue weighted by molar-refractivity contribution is -0.139. The van der Waals surface area contributed by atoms with Crippen molar-refractivity contribution in [3.8, 4) is 0 Å². The Morgan fingerprint density at radius 1 is 0.868 bits per heavy atom. The molecular weight excluding hydrogens is 498 g/mol. The van der Waals surface area contributed by atoms with E-state index in [1.54, 1.807) is 37.3 Å². The van der Waals surface area contributed by atoms with Crippen molar-refractivity contribution >= 4 is 27.5 Å². The van der Waals surface area contributed by atoms with Gasteiger partial charge in [0.25, 0.3) is 10.0 Å². The largest absolute Gasteiger partial charge is 0.352 e. The topological polar surface area (TPSA) is 86.8 Å². The third kappa shape index (κ3) is 7.22. The first kappa shape index (κ1) is 28.9. The minimum absolute atomic E-state index is 0.0436. The number of hydrogen-bond acceptors (Lipinski definition) is 4. The lowest BCUT2D eigenvalue weighted by atomic mass is 10.1. The molecule has 0 fully saturated rings. The lowest BCUT2D eigenvalue weighted by Crippen LogP contribution is -2.53. The first-order valence-corrected chi connectivity index (χ1v) is 14.4. The van der Waals surface area contributed by atoms with Crippen LogP contribution in [0.15, 0.2) is 89.8 Å². The molecule has 202 valence electrons. The monoisotopic (exact) mass is 535 g/mol. The number of hydrogen-bond donors (Lipinski definition) is 1. The second-order valence-corrected chi connectivity index (χ2v) is 11.3. The second kappa shape index (κ2) is 13.2. The minimum atomic E-state index is -4.06. The van der Waals surface area contributed by atoms with E-state index < -0.39 is 28.5 Å². The van der Waals surface area contributed by atoms with Crippen LogP contribution >= 0.6 is 0 Å². The summed E-state index contributed by atoms with van der Waals surface area (Å²) in [7, 11) is -4.06. The standard InChI is InChI=1S/C30H37N3O4S/c1-5-24(3)31-30(35)25(4)32(21-20-26-15-8-6-9-16-26)29(34)22-33(28-19-13-12-14-23(28)2)38(36,37)27-17-10-7-11-18-27/h6-19,24-25H,5,20-22H2,1-4H3,(H,31,35)/t24-,25+/m1/s1. The highest BCUT2D eigenvalue weighted by Crippen LogP contribution is 2.27. The molecule has 0 unspecified atom stereocenters. The summed E-state index contributed by atoms with van der Waals surface area (Å²) in [5.74, 6) is -0.718. The molecule has 0 saturated carbocycles. The number of carbonyl (C=O) groups is 2. The zero-order valence-electron chi connectivity index (χ0n) is 22.5. The summed E-state index contributed by atoms with van der Waals surface area (Å²) in [6.07, 6.45) is 1.29. The van der Waals surface area contributed by atoms with Gasteiger partial charge in [0.15, 0.2) is 0 Å². The van der Waals surface area contributed by atoms with Crippen molar-refractivity contribution < 1.29 is 18.0 Å². The summed E-state index contributed by atoms with van der Waals surface area (Å²) in [6, 6.07) is 24.0. The highest BCUT2D eigenvalue weighted by Gasteiger charge is 2.33. The third-order valence-corrected chi connectivity index (χ3v) is 8.42. The molecule has 0 aliphatic rings. The van der Waals surface area contributed by atoms with Crippen LogP contribution in [0.5, 0.6) is 0 Å². The lowest BCUT2D eigenvalue weighted by Gasteiger charge is -2.32. The molecule has 3 rings (SSSR count). The van der Waals surface area contributed by atoms with Gasteiger partial charge in [0.1, 0.15) is 12.6 Å². The van der Waals surface area contributed by atoms with Crippen molar-refractivity contribution in [2.24, 2.45) is 0 Å². The van der Waals surface area contributed by atoms with E-state index >= 15 is 0 Å². The first-order valence-electron chi connectivity index (χ1n) is 12.9. The van der Waals surface area contributed by atoms with Crippen LogP contribution in [-0.4, -0.2) is 50.3 Å². The van der Waals surface area contributed by atoms with E-state index in [0.717, 1.165) is 21.9 Å². The van der Waals surface area contributed by atoms with Crippen LogP contribution in [0.1, 0.15) is 38.3 Å². The van der Waals surface area contributed by atoms with Crippen LogP contribution in [-0.2, 0) is 26.0 Å². The molecule has 7 nitrogen and oxygen atoms in total. The van der Waals surface area contributed by atoms with Gasteiger partial charge in [-0.05, 0) is 62.9 Å². The Balaban J connectivity index is 1.97. The van der Waals surface area contributed by atoms with Crippen molar-refractivity contribution in [3.63, 3.8) is 0 Å². The Labute approximate surface area is 226 Å². The van der Waals surface area contributed by atoms with Crippen LogP contribution in [0.25, 0.3) is 0 Å². The van der Waals surface area contributed by atoms with Crippen LogP contribution in [0.4, 0.5) is 5.69 Å². The van der Waals surface area contributed by atoms with Crippen LogP contribution in [0, 0.1) is 6.92 Å². The molecule has 8 heteroatoms. The van der Waals surface area contributed by atoms with E-state index in [9.17, 15) is 18.0 Å². The normalized spacial score (nSPS) is 12.8. The molecule has 3 aromatic rings. The Morgan fingerprint density at radius 3 is 2.05 bits per heavy atom. The molecule has 0 saturated heterocycles. The maximum Gasteiger partial charge on any atom is 0.264 e. The summed E-state index contributed by atoms with van der Waals surface area (Å²) >= 11 is 0. The molecule has 2 atom stereocenters. The van der Waals surface area contributed by atoms with Gasteiger partial charge >= 0.3 is 0 Å². The molecule has 0 radical (unpaired) electrons. The average Bonchev–Trinajstić information content (AvgIpc) is 2.93. The fourth-order valence-corrected chi connectivity index (χ4v) is 5.61.